The van der Waals surface area contributed by atoms with Crippen molar-refractivity contribution in [1.82, 2.24) is 5.32 Å². The van der Waals surface area contributed by atoms with Gasteiger partial charge in [0, 0.05) is 12.5 Å². The molecule has 1 atom stereocenters. The molecule has 0 aromatic carbocycles. The van der Waals surface area contributed by atoms with Crippen LogP contribution in [0.2, 0.25) is 0 Å². The van der Waals surface area contributed by atoms with E-state index < -0.39 is 12.6 Å². The first-order chi connectivity index (χ1) is 8.03. The van der Waals surface area contributed by atoms with Crippen LogP contribution in [0.4, 0.5) is 13.2 Å². The second kappa shape index (κ2) is 7.24. The van der Waals surface area contributed by atoms with Gasteiger partial charge in [-0.3, -0.25) is 0 Å². The zero-order valence-corrected chi connectivity index (χ0v) is 10.7. The smallest absolute Gasteiger partial charge is 0.317 e. The normalized spacial score (nSPS) is 21.2. The van der Waals surface area contributed by atoms with Gasteiger partial charge in [-0.25, -0.2) is 0 Å². The lowest BCUT2D eigenvalue weighted by atomic mass is 9.88. The van der Waals surface area contributed by atoms with E-state index in [2.05, 4.69) is 5.32 Å². The Labute approximate surface area is 102 Å². The Kier molecular flexibility index (Phi) is 6.31. The first kappa shape index (κ1) is 14.8. The minimum atomic E-state index is -4.00. The van der Waals surface area contributed by atoms with Crippen molar-refractivity contribution >= 4 is 0 Å². The van der Waals surface area contributed by atoms with Crippen LogP contribution in [-0.2, 0) is 0 Å². The molecule has 1 N–H and O–H groups in total. The van der Waals surface area contributed by atoms with E-state index in [9.17, 15) is 13.2 Å². The molecular formula is C13H24F3N. The summed E-state index contributed by atoms with van der Waals surface area (Å²) in [6, 6.07) is 0.274. The highest BCUT2D eigenvalue weighted by atomic mass is 19.4. The van der Waals surface area contributed by atoms with Gasteiger partial charge in [0.1, 0.15) is 0 Å². The molecule has 0 bridgehead atoms. The van der Waals surface area contributed by atoms with Gasteiger partial charge in [-0.15, -0.1) is 0 Å². The summed E-state index contributed by atoms with van der Waals surface area (Å²) < 4.78 is 36.3. The summed E-state index contributed by atoms with van der Waals surface area (Å²) in [5.74, 6) is 0.579. The van der Waals surface area contributed by atoms with E-state index in [1.807, 2.05) is 7.05 Å². The summed E-state index contributed by atoms with van der Waals surface area (Å²) in [5.41, 5.74) is 0. The van der Waals surface area contributed by atoms with Gasteiger partial charge in [-0.2, -0.15) is 13.2 Å². The molecule has 4 heteroatoms. The first-order valence-electron chi connectivity index (χ1n) is 6.77. The third kappa shape index (κ3) is 6.29. The lowest BCUT2D eigenvalue weighted by molar-refractivity contribution is -0.136. The summed E-state index contributed by atoms with van der Waals surface area (Å²) in [7, 11) is 1.88. The zero-order chi connectivity index (χ0) is 12.7. The number of halogens is 3. The molecule has 0 aromatic rings. The Balaban J connectivity index is 2.31. The lowest BCUT2D eigenvalue weighted by Crippen LogP contribution is -2.33. The van der Waals surface area contributed by atoms with Crippen LogP contribution < -0.4 is 5.32 Å². The number of nitrogens with one attached hydrogen (secondary N) is 1. The summed E-state index contributed by atoms with van der Waals surface area (Å²) >= 11 is 0. The summed E-state index contributed by atoms with van der Waals surface area (Å²) in [4.78, 5) is 0. The maximum Gasteiger partial charge on any atom is 0.389 e. The van der Waals surface area contributed by atoms with E-state index in [-0.39, 0.29) is 12.5 Å². The van der Waals surface area contributed by atoms with E-state index >= 15 is 0 Å². The summed E-state index contributed by atoms with van der Waals surface area (Å²) in [5, 5.41) is 3.22. The zero-order valence-electron chi connectivity index (χ0n) is 10.7. The lowest BCUT2D eigenvalue weighted by Gasteiger charge is -2.26. The average Bonchev–Trinajstić information content (AvgIpc) is 2.51. The minimum Gasteiger partial charge on any atom is -0.317 e. The topological polar surface area (TPSA) is 12.0 Å². The standard InChI is InChI=1S/C13H24F3N/c1-17-12(9-6-10-13(14,15)16)11-7-4-2-3-5-8-11/h11-12,17H,2-10H2,1H3. The second-order valence-corrected chi connectivity index (χ2v) is 5.15. The number of rotatable bonds is 5. The largest absolute Gasteiger partial charge is 0.389 e. The predicted octanol–water partition coefficient (Wildman–Crippen LogP) is 4.28. The van der Waals surface area contributed by atoms with Gasteiger partial charge in [0.2, 0.25) is 0 Å². The highest BCUT2D eigenvalue weighted by Gasteiger charge is 2.28. The first-order valence-corrected chi connectivity index (χ1v) is 6.77. The molecule has 1 rings (SSSR count). The molecule has 0 spiro atoms. The molecule has 0 aromatic heterocycles. The van der Waals surface area contributed by atoms with Crippen molar-refractivity contribution in [3.05, 3.63) is 0 Å². The molecule has 102 valence electrons. The molecule has 0 aliphatic heterocycles. The van der Waals surface area contributed by atoms with Gasteiger partial charge in [-0.05, 0) is 38.6 Å². The number of hydrogen-bond acceptors (Lipinski definition) is 1. The Hall–Kier alpha value is -0.250. The van der Waals surface area contributed by atoms with Crippen LogP contribution in [-0.4, -0.2) is 19.3 Å². The van der Waals surface area contributed by atoms with Gasteiger partial charge >= 0.3 is 6.18 Å². The Morgan fingerprint density at radius 2 is 1.71 bits per heavy atom. The number of alkyl halides is 3. The SMILES string of the molecule is CNC(CCCC(F)(F)F)C1CCCCCC1. The van der Waals surface area contributed by atoms with E-state index in [1.165, 1.54) is 38.5 Å². The van der Waals surface area contributed by atoms with E-state index in [0.29, 0.717) is 12.3 Å². The molecule has 1 saturated carbocycles. The highest BCUT2D eigenvalue weighted by Crippen LogP contribution is 2.29. The molecular weight excluding hydrogens is 227 g/mol. The fraction of sp³-hybridized carbons (Fsp3) is 1.00. The van der Waals surface area contributed by atoms with Crippen molar-refractivity contribution in [2.75, 3.05) is 7.05 Å². The Morgan fingerprint density at radius 3 is 2.18 bits per heavy atom. The molecule has 0 amide bonds. The number of hydrogen-bond donors (Lipinski definition) is 1. The fourth-order valence-electron chi connectivity index (χ4n) is 2.85. The van der Waals surface area contributed by atoms with Gasteiger partial charge < -0.3 is 5.32 Å². The summed E-state index contributed by atoms with van der Waals surface area (Å²) in [6.45, 7) is 0. The van der Waals surface area contributed by atoms with Crippen molar-refractivity contribution in [2.24, 2.45) is 5.92 Å². The highest BCUT2D eigenvalue weighted by molar-refractivity contribution is 4.77. The Morgan fingerprint density at radius 1 is 1.12 bits per heavy atom. The second-order valence-electron chi connectivity index (χ2n) is 5.15. The third-order valence-electron chi connectivity index (χ3n) is 3.82. The maximum absolute atomic E-state index is 12.1. The van der Waals surface area contributed by atoms with Crippen LogP contribution in [0.5, 0.6) is 0 Å². The van der Waals surface area contributed by atoms with Crippen molar-refractivity contribution in [1.29, 1.82) is 0 Å². The molecule has 0 radical (unpaired) electrons. The monoisotopic (exact) mass is 251 g/mol. The van der Waals surface area contributed by atoms with Crippen molar-refractivity contribution in [3.8, 4) is 0 Å². The van der Waals surface area contributed by atoms with Crippen LogP contribution in [0.25, 0.3) is 0 Å². The van der Waals surface area contributed by atoms with Crippen LogP contribution in [0.1, 0.15) is 57.8 Å². The van der Waals surface area contributed by atoms with Crippen LogP contribution in [0.15, 0.2) is 0 Å². The van der Waals surface area contributed by atoms with Gasteiger partial charge in [0.25, 0.3) is 0 Å². The quantitative estimate of drug-likeness (QED) is 0.719. The molecule has 0 saturated heterocycles. The van der Waals surface area contributed by atoms with Crippen molar-refractivity contribution < 1.29 is 13.2 Å². The van der Waals surface area contributed by atoms with Crippen molar-refractivity contribution in [2.45, 2.75) is 70.0 Å². The van der Waals surface area contributed by atoms with Crippen LogP contribution >= 0.6 is 0 Å². The molecule has 1 aliphatic rings. The molecule has 0 heterocycles. The van der Waals surface area contributed by atoms with Gasteiger partial charge in [-0.1, -0.05) is 25.7 Å². The van der Waals surface area contributed by atoms with Crippen LogP contribution in [0, 0.1) is 5.92 Å². The summed E-state index contributed by atoms with van der Waals surface area (Å²) in [6.07, 6.45) is 3.68. The predicted molar refractivity (Wildman–Crippen MR) is 63.9 cm³/mol. The molecule has 1 unspecified atom stereocenters. The van der Waals surface area contributed by atoms with Gasteiger partial charge in [0.05, 0.1) is 0 Å². The van der Waals surface area contributed by atoms with Crippen LogP contribution in [0.3, 0.4) is 0 Å². The molecule has 1 nitrogen and oxygen atoms in total. The van der Waals surface area contributed by atoms with Gasteiger partial charge in [0.15, 0.2) is 0 Å². The minimum absolute atomic E-state index is 0.255. The molecule has 17 heavy (non-hydrogen) atoms. The maximum atomic E-state index is 12.1. The van der Waals surface area contributed by atoms with E-state index in [4.69, 9.17) is 0 Å². The average molecular weight is 251 g/mol. The Bertz CT molecular complexity index is 195. The third-order valence-corrected chi connectivity index (χ3v) is 3.82. The van der Waals surface area contributed by atoms with E-state index in [0.717, 1.165) is 0 Å². The molecule has 1 aliphatic carbocycles. The van der Waals surface area contributed by atoms with E-state index in [1.54, 1.807) is 0 Å². The fourth-order valence-corrected chi connectivity index (χ4v) is 2.85. The molecule has 1 fully saturated rings. The van der Waals surface area contributed by atoms with Crippen molar-refractivity contribution in [3.63, 3.8) is 0 Å².